The van der Waals surface area contributed by atoms with Crippen LogP contribution in [0.15, 0.2) is 23.9 Å². The first-order chi connectivity index (χ1) is 8.67. The van der Waals surface area contributed by atoms with Crippen molar-refractivity contribution in [2.75, 3.05) is 14.1 Å². The maximum atomic E-state index is 11.8. The smallest absolute Gasteiger partial charge is 0.267 e. The summed E-state index contributed by atoms with van der Waals surface area (Å²) in [5.74, 6) is 0.175. The molecule has 1 aliphatic carbocycles. The SMILES string of the molecule is CNC(=O)/C(NC)=C1\CCCc2cc(O)ccc21. The van der Waals surface area contributed by atoms with Gasteiger partial charge in [-0.25, -0.2) is 0 Å². The Morgan fingerprint density at radius 1 is 1.22 bits per heavy atom. The predicted octanol–water partition coefficient (Wildman–Crippen LogP) is 1.41. The van der Waals surface area contributed by atoms with Crippen LogP contribution in [0.5, 0.6) is 5.75 Å². The van der Waals surface area contributed by atoms with Crippen LogP contribution in [0.25, 0.3) is 5.57 Å². The molecule has 1 aromatic carbocycles. The number of phenols is 1. The Hall–Kier alpha value is -1.97. The normalized spacial score (nSPS) is 16.8. The van der Waals surface area contributed by atoms with Crippen LogP contribution in [-0.4, -0.2) is 25.1 Å². The molecular formula is C14H18N2O2. The van der Waals surface area contributed by atoms with Gasteiger partial charge in [-0.05, 0) is 48.1 Å². The van der Waals surface area contributed by atoms with Crippen molar-refractivity contribution in [1.82, 2.24) is 10.6 Å². The molecule has 0 aliphatic heterocycles. The molecule has 0 bridgehead atoms. The molecule has 0 atom stereocenters. The van der Waals surface area contributed by atoms with Gasteiger partial charge < -0.3 is 15.7 Å². The number of carbonyl (C=O) groups excluding carboxylic acids is 1. The van der Waals surface area contributed by atoms with Gasteiger partial charge in [0, 0.05) is 14.1 Å². The largest absolute Gasteiger partial charge is 0.508 e. The summed E-state index contributed by atoms with van der Waals surface area (Å²) in [5, 5.41) is 15.1. The number of allylic oxidation sites excluding steroid dienone is 1. The van der Waals surface area contributed by atoms with Crippen molar-refractivity contribution < 1.29 is 9.90 Å². The monoisotopic (exact) mass is 246 g/mol. The fourth-order valence-corrected chi connectivity index (χ4v) is 2.46. The Kier molecular flexibility index (Phi) is 3.55. The number of rotatable bonds is 2. The number of carbonyl (C=O) groups is 1. The van der Waals surface area contributed by atoms with Crippen LogP contribution in [0.1, 0.15) is 24.0 Å². The fraction of sp³-hybridized carbons (Fsp3) is 0.357. The Balaban J connectivity index is 2.55. The number of phenolic OH excluding ortho intramolecular Hbond substituents is 1. The van der Waals surface area contributed by atoms with Gasteiger partial charge in [-0.1, -0.05) is 6.07 Å². The van der Waals surface area contributed by atoms with Gasteiger partial charge in [-0.2, -0.15) is 0 Å². The van der Waals surface area contributed by atoms with Crippen LogP contribution < -0.4 is 10.6 Å². The third-order valence-corrected chi connectivity index (χ3v) is 3.29. The Morgan fingerprint density at radius 2 is 2.00 bits per heavy atom. The molecule has 0 fully saturated rings. The Labute approximate surface area is 107 Å². The summed E-state index contributed by atoms with van der Waals surface area (Å²) in [5.41, 5.74) is 3.81. The fourth-order valence-electron chi connectivity index (χ4n) is 2.46. The van der Waals surface area contributed by atoms with Crippen molar-refractivity contribution >= 4 is 11.5 Å². The van der Waals surface area contributed by atoms with E-state index in [1.54, 1.807) is 26.2 Å². The van der Waals surface area contributed by atoms with Gasteiger partial charge in [0.1, 0.15) is 11.4 Å². The molecule has 0 saturated carbocycles. The number of aromatic hydroxyl groups is 1. The van der Waals surface area contributed by atoms with Gasteiger partial charge in [-0.15, -0.1) is 0 Å². The van der Waals surface area contributed by atoms with Gasteiger partial charge in [0.25, 0.3) is 5.91 Å². The first kappa shape index (κ1) is 12.5. The Morgan fingerprint density at radius 3 is 2.67 bits per heavy atom. The van der Waals surface area contributed by atoms with E-state index in [1.165, 1.54) is 0 Å². The minimum atomic E-state index is -0.103. The second-order valence-corrected chi connectivity index (χ2v) is 4.38. The van der Waals surface area contributed by atoms with Crippen molar-refractivity contribution in [3.8, 4) is 5.75 Å². The molecule has 1 aromatic rings. The molecule has 1 aliphatic rings. The van der Waals surface area contributed by atoms with E-state index in [4.69, 9.17) is 0 Å². The molecule has 0 unspecified atom stereocenters. The molecule has 96 valence electrons. The number of likely N-dealkylation sites (N-methyl/N-ethyl adjacent to an activating group) is 2. The Bertz CT molecular complexity index is 507. The summed E-state index contributed by atoms with van der Waals surface area (Å²) in [7, 11) is 3.38. The number of aryl methyl sites for hydroxylation is 1. The maximum absolute atomic E-state index is 11.8. The van der Waals surface area contributed by atoms with Gasteiger partial charge in [0.2, 0.25) is 0 Å². The van der Waals surface area contributed by atoms with E-state index in [9.17, 15) is 9.90 Å². The van der Waals surface area contributed by atoms with E-state index in [0.717, 1.165) is 36.0 Å². The highest BCUT2D eigenvalue weighted by Crippen LogP contribution is 2.34. The summed E-state index contributed by atoms with van der Waals surface area (Å²) < 4.78 is 0. The standard InChI is InChI=1S/C14H18N2O2/c1-15-13(14(18)16-2)12-5-3-4-9-8-10(17)6-7-11(9)12/h6-8,15,17H,3-5H2,1-2H3,(H,16,18)/b13-12-. The van der Waals surface area contributed by atoms with Gasteiger partial charge >= 0.3 is 0 Å². The summed E-state index contributed by atoms with van der Waals surface area (Å²) in [6, 6.07) is 5.34. The van der Waals surface area contributed by atoms with Crippen molar-refractivity contribution in [2.24, 2.45) is 0 Å². The minimum absolute atomic E-state index is 0.103. The van der Waals surface area contributed by atoms with Crippen molar-refractivity contribution in [1.29, 1.82) is 0 Å². The summed E-state index contributed by atoms with van der Waals surface area (Å²) in [4.78, 5) is 11.8. The molecule has 2 rings (SSSR count). The maximum Gasteiger partial charge on any atom is 0.267 e. The first-order valence-electron chi connectivity index (χ1n) is 6.12. The molecule has 0 heterocycles. The summed E-state index contributed by atoms with van der Waals surface area (Å²) >= 11 is 0. The topological polar surface area (TPSA) is 61.4 Å². The number of nitrogens with one attached hydrogen (secondary N) is 2. The van der Waals surface area contributed by atoms with Gasteiger partial charge in [-0.3, -0.25) is 4.79 Å². The van der Waals surface area contributed by atoms with Crippen molar-refractivity contribution in [3.63, 3.8) is 0 Å². The van der Waals surface area contributed by atoms with Crippen molar-refractivity contribution in [2.45, 2.75) is 19.3 Å². The average Bonchev–Trinajstić information content (AvgIpc) is 2.39. The lowest BCUT2D eigenvalue weighted by atomic mass is 9.86. The quantitative estimate of drug-likeness (QED) is 0.691. The van der Waals surface area contributed by atoms with Crippen LogP contribution in [0, 0.1) is 0 Å². The van der Waals surface area contributed by atoms with E-state index in [0.29, 0.717) is 5.70 Å². The molecule has 18 heavy (non-hydrogen) atoms. The molecule has 4 nitrogen and oxygen atoms in total. The number of amides is 1. The first-order valence-corrected chi connectivity index (χ1v) is 6.12. The van der Waals surface area contributed by atoms with E-state index >= 15 is 0 Å². The second kappa shape index (κ2) is 5.12. The molecule has 0 radical (unpaired) electrons. The predicted molar refractivity (Wildman–Crippen MR) is 71.1 cm³/mol. The zero-order valence-corrected chi connectivity index (χ0v) is 10.7. The van der Waals surface area contributed by atoms with E-state index in [-0.39, 0.29) is 11.7 Å². The second-order valence-electron chi connectivity index (χ2n) is 4.38. The van der Waals surface area contributed by atoms with Crippen LogP contribution in [-0.2, 0) is 11.2 Å². The van der Waals surface area contributed by atoms with E-state index < -0.39 is 0 Å². The van der Waals surface area contributed by atoms with E-state index in [1.807, 2.05) is 6.07 Å². The summed E-state index contributed by atoms with van der Waals surface area (Å²) in [6.45, 7) is 0. The van der Waals surface area contributed by atoms with Crippen LogP contribution in [0.2, 0.25) is 0 Å². The molecule has 0 saturated heterocycles. The average molecular weight is 246 g/mol. The molecule has 1 amide bonds. The number of hydrogen-bond acceptors (Lipinski definition) is 3. The van der Waals surface area contributed by atoms with Crippen LogP contribution in [0.3, 0.4) is 0 Å². The molecular weight excluding hydrogens is 228 g/mol. The highest BCUT2D eigenvalue weighted by atomic mass is 16.3. The van der Waals surface area contributed by atoms with Gasteiger partial charge in [0.15, 0.2) is 0 Å². The molecule has 3 N–H and O–H groups in total. The highest BCUT2D eigenvalue weighted by molar-refractivity contribution is 6.01. The zero-order valence-electron chi connectivity index (χ0n) is 10.7. The lowest BCUT2D eigenvalue weighted by Crippen LogP contribution is -2.29. The number of hydrogen-bond donors (Lipinski definition) is 3. The highest BCUT2D eigenvalue weighted by Gasteiger charge is 2.20. The third kappa shape index (κ3) is 2.18. The number of fused-ring (bicyclic) bond motifs is 1. The number of benzene rings is 1. The van der Waals surface area contributed by atoms with Gasteiger partial charge in [0.05, 0.1) is 0 Å². The van der Waals surface area contributed by atoms with Crippen molar-refractivity contribution in [3.05, 3.63) is 35.0 Å². The van der Waals surface area contributed by atoms with Crippen LogP contribution in [0.4, 0.5) is 0 Å². The zero-order chi connectivity index (χ0) is 13.1. The molecule has 4 heteroatoms. The minimum Gasteiger partial charge on any atom is -0.508 e. The molecule has 0 aromatic heterocycles. The lowest BCUT2D eigenvalue weighted by molar-refractivity contribution is -0.117. The van der Waals surface area contributed by atoms with Crippen LogP contribution >= 0.6 is 0 Å². The van der Waals surface area contributed by atoms with E-state index in [2.05, 4.69) is 10.6 Å². The third-order valence-electron chi connectivity index (χ3n) is 3.29. The lowest BCUT2D eigenvalue weighted by Gasteiger charge is -2.22. The molecule has 0 spiro atoms. The summed E-state index contributed by atoms with van der Waals surface area (Å²) in [6.07, 6.45) is 2.81.